The van der Waals surface area contributed by atoms with Crippen molar-refractivity contribution in [2.75, 3.05) is 18.8 Å². The van der Waals surface area contributed by atoms with Crippen LogP contribution < -0.4 is 0 Å². The maximum absolute atomic E-state index is 4.96. The van der Waals surface area contributed by atoms with Crippen LogP contribution in [0.5, 0.6) is 0 Å². The Kier molecular flexibility index (Phi) is 4.14. The Hall–Kier alpha value is -2.08. The maximum atomic E-state index is 4.96. The van der Waals surface area contributed by atoms with Crippen molar-refractivity contribution >= 4 is 28.6 Å². The van der Waals surface area contributed by atoms with Crippen LogP contribution >= 0.6 is 11.8 Å². The first-order valence-electron chi connectivity index (χ1n) is 8.47. The van der Waals surface area contributed by atoms with E-state index in [1.165, 1.54) is 5.56 Å². The molecule has 6 heteroatoms. The Morgan fingerprint density at radius 3 is 3.04 bits per heavy atom. The van der Waals surface area contributed by atoms with E-state index >= 15 is 0 Å². The summed E-state index contributed by atoms with van der Waals surface area (Å²) in [7, 11) is 0. The van der Waals surface area contributed by atoms with Crippen LogP contribution in [0.1, 0.15) is 30.9 Å². The third-order valence-electron chi connectivity index (χ3n) is 4.16. The van der Waals surface area contributed by atoms with Crippen molar-refractivity contribution < 1.29 is 0 Å². The highest BCUT2D eigenvalue weighted by Crippen LogP contribution is 2.33. The number of aromatic nitrogens is 2. The molecule has 0 unspecified atom stereocenters. The average Bonchev–Trinajstić information content (AvgIpc) is 3.04. The van der Waals surface area contributed by atoms with Gasteiger partial charge in [0.1, 0.15) is 5.84 Å². The second-order valence-electron chi connectivity index (χ2n) is 6.09. The summed E-state index contributed by atoms with van der Waals surface area (Å²) in [4.78, 5) is 12.0. The normalized spacial score (nSPS) is 16.3. The van der Waals surface area contributed by atoms with E-state index in [0.717, 1.165) is 59.8 Å². The number of thioether (sulfide) groups is 1. The van der Waals surface area contributed by atoms with Gasteiger partial charge in [-0.05, 0) is 37.5 Å². The maximum Gasteiger partial charge on any atom is 0.171 e. The van der Waals surface area contributed by atoms with Crippen molar-refractivity contribution in [1.82, 2.24) is 14.7 Å². The van der Waals surface area contributed by atoms with Crippen LogP contribution in [-0.4, -0.2) is 44.5 Å². The minimum Gasteiger partial charge on any atom is -0.305 e. The van der Waals surface area contributed by atoms with Crippen molar-refractivity contribution in [2.24, 2.45) is 9.98 Å². The third-order valence-corrected chi connectivity index (χ3v) is 5.34. The fourth-order valence-corrected chi connectivity index (χ4v) is 3.90. The van der Waals surface area contributed by atoms with Crippen molar-refractivity contribution in [1.29, 1.82) is 0 Å². The number of nitrogens with zero attached hydrogens (tertiary/aromatic N) is 5. The SMILES string of the molecule is CCCSC1=Nc2c(cnn2-c2cccc(C)c2)C2=NCCCN12. The molecule has 5 nitrogen and oxygen atoms in total. The first-order chi connectivity index (χ1) is 11.8. The van der Waals surface area contributed by atoms with Gasteiger partial charge < -0.3 is 4.90 Å². The quantitative estimate of drug-likeness (QED) is 0.855. The predicted molar refractivity (Wildman–Crippen MR) is 101 cm³/mol. The van der Waals surface area contributed by atoms with Gasteiger partial charge in [0.2, 0.25) is 0 Å². The predicted octanol–water partition coefficient (Wildman–Crippen LogP) is 3.78. The van der Waals surface area contributed by atoms with E-state index < -0.39 is 0 Å². The molecule has 0 bridgehead atoms. The first kappa shape index (κ1) is 15.4. The fraction of sp³-hybridized carbons (Fsp3) is 0.389. The van der Waals surface area contributed by atoms with E-state index in [1.807, 2.05) is 22.6 Å². The monoisotopic (exact) mass is 339 g/mol. The largest absolute Gasteiger partial charge is 0.305 e. The van der Waals surface area contributed by atoms with Gasteiger partial charge in [0.25, 0.3) is 0 Å². The summed E-state index contributed by atoms with van der Waals surface area (Å²) < 4.78 is 1.93. The van der Waals surface area contributed by atoms with Gasteiger partial charge in [-0.15, -0.1) is 0 Å². The molecule has 0 aliphatic carbocycles. The second-order valence-corrected chi connectivity index (χ2v) is 7.15. The molecule has 1 aromatic carbocycles. The van der Waals surface area contributed by atoms with E-state index in [1.54, 1.807) is 0 Å². The molecule has 0 saturated heterocycles. The Bertz CT molecular complexity index is 821. The number of aliphatic imine (C=N–C) groups is 2. The summed E-state index contributed by atoms with van der Waals surface area (Å²) >= 11 is 1.81. The van der Waals surface area contributed by atoms with E-state index in [-0.39, 0.29) is 0 Å². The van der Waals surface area contributed by atoms with Gasteiger partial charge in [-0.2, -0.15) is 5.10 Å². The fourth-order valence-electron chi connectivity index (χ4n) is 3.03. The molecule has 0 fully saturated rings. The van der Waals surface area contributed by atoms with Crippen LogP contribution in [0.15, 0.2) is 40.4 Å². The third kappa shape index (κ3) is 2.65. The summed E-state index contributed by atoms with van der Waals surface area (Å²) in [6.45, 7) is 6.16. The molecule has 0 N–H and O–H groups in total. The Morgan fingerprint density at radius 2 is 2.21 bits per heavy atom. The average molecular weight is 339 g/mol. The van der Waals surface area contributed by atoms with Gasteiger partial charge in [-0.25, -0.2) is 9.67 Å². The van der Waals surface area contributed by atoms with Crippen LogP contribution in [0.3, 0.4) is 0 Å². The van der Waals surface area contributed by atoms with Gasteiger partial charge in [0, 0.05) is 18.8 Å². The van der Waals surface area contributed by atoms with Crippen LogP contribution in [0.2, 0.25) is 0 Å². The molecule has 2 aliphatic heterocycles. The molecule has 124 valence electrons. The summed E-state index contributed by atoms with van der Waals surface area (Å²) in [6.07, 6.45) is 4.12. The van der Waals surface area contributed by atoms with Crippen LogP contribution in [0, 0.1) is 6.92 Å². The minimum atomic E-state index is 0.882. The lowest BCUT2D eigenvalue weighted by molar-refractivity contribution is 0.553. The zero-order chi connectivity index (χ0) is 16.5. The van der Waals surface area contributed by atoms with Crippen LogP contribution in [-0.2, 0) is 0 Å². The molecule has 2 aromatic rings. The highest BCUT2D eigenvalue weighted by Gasteiger charge is 2.31. The summed E-state index contributed by atoms with van der Waals surface area (Å²) in [5.74, 6) is 3.00. The molecule has 3 heterocycles. The molecule has 2 aliphatic rings. The van der Waals surface area contributed by atoms with Gasteiger partial charge in [0.15, 0.2) is 11.0 Å². The smallest absolute Gasteiger partial charge is 0.171 e. The van der Waals surface area contributed by atoms with Crippen molar-refractivity contribution in [3.63, 3.8) is 0 Å². The second kappa shape index (κ2) is 6.43. The number of hydrogen-bond acceptors (Lipinski definition) is 5. The van der Waals surface area contributed by atoms with Crippen molar-refractivity contribution in [3.05, 3.63) is 41.6 Å². The molecule has 0 spiro atoms. The molecule has 0 amide bonds. The molecule has 1 aromatic heterocycles. The summed E-state index contributed by atoms with van der Waals surface area (Å²) in [6, 6.07) is 8.36. The molecular weight excluding hydrogens is 318 g/mol. The molecule has 4 rings (SSSR count). The van der Waals surface area contributed by atoms with Crippen LogP contribution in [0.25, 0.3) is 5.69 Å². The number of hydrogen-bond donors (Lipinski definition) is 0. The number of aryl methyl sites for hydroxylation is 1. The van der Waals surface area contributed by atoms with Gasteiger partial charge in [-0.1, -0.05) is 30.8 Å². The van der Waals surface area contributed by atoms with Crippen LogP contribution in [0.4, 0.5) is 5.82 Å². The lowest BCUT2D eigenvalue weighted by Crippen LogP contribution is -2.41. The van der Waals surface area contributed by atoms with E-state index in [9.17, 15) is 0 Å². The first-order valence-corrected chi connectivity index (χ1v) is 9.45. The van der Waals surface area contributed by atoms with Crippen molar-refractivity contribution in [3.8, 4) is 5.69 Å². The van der Waals surface area contributed by atoms with Crippen molar-refractivity contribution in [2.45, 2.75) is 26.7 Å². The lowest BCUT2D eigenvalue weighted by Gasteiger charge is -2.32. The molecule has 0 radical (unpaired) electrons. The number of amidine groups is 2. The minimum absolute atomic E-state index is 0.882. The summed E-state index contributed by atoms with van der Waals surface area (Å²) in [5.41, 5.74) is 3.30. The standard InChI is InChI=1S/C18H21N5S/c1-3-10-24-18-21-17-15(16-19-8-5-9-22(16)18)12-20-23(17)14-7-4-6-13(2)11-14/h4,6-7,11-12H,3,5,8-10H2,1-2H3. The highest BCUT2D eigenvalue weighted by molar-refractivity contribution is 8.13. The van der Waals surface area contributed by atoms with E-state index in [4.69, 9.17) is 9.98 Å². The number of benzene rings is 1. The molecule has 0 saturated carbocycles. The highest BCUT2D eigenvalue weighted by atomic mass is 32.2. The van der Waals surface area contributed by atoms with Gasteiger partial charge in [-0.3, -0.25) is 4.99 Å². The molecule has 0 atom stereocenters. The molecule has 24 heavy (non-hydrogen) atoms. The van der Waals surface area contributed by atoms with E-state index in [2.05, 4.69) is 48.1 Å². The Labute approximate surface area is 146 Å². The lowest BCUT2D eigenvalue weighted by atomic mass is 10.2. The number of rotatable bonds is 3. The van der Waals surface area contributed by atoms with Gasteiger partial charge >= 0.3 is 0 Å². The molecular formula is C18H21N5S. The van der Waals surface area contributed by atoms with Gasteiger partial charge in [0.05, 0.1) is 17.4 Å². The summed E-state index contributed by atoms with van der Waals surface area (Å²) in [5, 5.41) is 5.66. The topological polar surface area (TPSA) is 45.8 Å². The zero-order valence-electron chi connectivity index (χ0n) is 14.1. The Morgan fingerprint density at radius 1 is 1.29 bits per heavy atom. The zero-order valence-corrected chi connectivity index (χ0v) is 14.9. The Balaban J connectivity index is 1.83. The number of fused-ring (bicyclic) bond motifs is 3. The van der Waals surface area contributed by atoms with E-state index in [0.29, 0.717) is 0 Å².